The first-order valence-corrected chi connectivity index (χ1v) is 11.0. The maximum Gasteiger partial charge on any atom is 0.263 e. The average molecular weight is 480 g/mol. The van der Waals surface area contributed by atoms with E-state index in [-0.39, 0.29) is 11.5 Å². The Labute approximate surface area is 186 Å². The number of hydrogen-bond acceptors (Lipinski definition) is 2. The number of nitrogens with one attached hydrogen (secondary N) is 1. The van der Waals surface area contributed by atoms with Crippen molar-refractivity contribution in [2.24, 2.45) is 0 Å². The molecule has 0 radical (unpaired) electrons. The van der Waals surface area contributed by atoms with E-state index in [1.807, 2.05) is 26.0 Å². The molecule has 0 aliphatic rings. The van der Waals surface area contributed by atoms with Crippen LogP contribution in [-0.2, 0) is 19.3 Å². The van der Waals surface area contributed by atoms with Crippen LogP contribution >= 0.6 is 27.5 Å². The number of carbonyl (C=O) groups excluding carboxylic acids is 1. The van der Waals surface area contributed by atoms with Crippen molar-refractivity contribution in [1.82, 2.24) is 0 Å². The SMILES string of the molecule is CC=CCc1c(Cl)c(C(=O)Nc2c(CC)cc(C)c(Br)c2CC)c(C)[n+]([O-])c1C. The quantitative estimate of drug-likeness (QED) is 0.306. The smallest absolute Gasteiger partial charge is 0.263 e. The summed E-state index contributed by atoms with van der Waals surface area (Å²) in [7, 11) is 0. The minimum absolute atomic E-state index is 0.229. The van der Waals surface area contributed by atoms with Crippen molar-refractivity contribution in [3.63, 3.8) is 0 Å². The first-order chi connectivity index (χ1) is 13.7. The normalized spacial score (nSPS) is 11.3. The van der Waals surface area contributed by atoms with Gasteiger partial charge in [-0.2, -0.15) is 4.73 Å². The van der Waals surface area contributed by atoms with Crippen molar-refractivity contribution < 1.29 is 9.52 Å². The third-order valence-corrected chi connectivity index (χ3v) is 6.80. The summed E-state index contributed by atoms with van der Waals surface area (Å²) in [6, 6.07) is 2.08. The summed E-state index contributed by atoms with van der Waals surface area (Å²) in [5, 5.41) is 16.1. The summed E-state index contributed by atoms with van der Waals surface area (Å²) in [4.78, 5) is 13.3. The molecule has 2 aromatic rings. The van der Waals surface area contributed by atoms with Gasteiger partial charge in [-0.3, -0.25) is 4.79 Å². The molecule has 1 aromatic heterocycles. The fourth-order valence-corrected chi connectivity index (χ4v) is 4.59. The van der Waals surface area contributed by atoms with Gasteiger partial charge in [0.25, 0.3) is 5.91 Å². The summed E-state index contributed by atoms with van der Waals surface area (Å²) in [5.74, 6) is -0.362. The summed E-state index contributed by atoms with van der Waals surface area (Å²) in [6.07, 6.45) is 5.87. The van der Waals surface area contributed by atoms with Crippen molar-refractivity contribution in [3.8, 4) is 0 Å². The number of halogens is 2. The van der Waals surface area contributed by atoms with E-state index in [4.69, 9.17) is 11.6 Å². The molecule has 4 nitrogen and oxygen atoms in total. The molecule has 0 spiro atoms. The van der Waals surface area contributed by atoms with Crippen molar-refractivity contribution in [2.75, 3.05) is 5.32 Å². The van der Waals surface area contributed by atoms with Crippen LogP contribution < -0.4 is 10.0 Å². The molecule has 6 heteroatoms. The Balaban J connectivity index is 2.63. The maximum absolute atomic E-state index is 13.3. The van der Waals surface area contributed by atoms with E-state index in [0.29, 0.717) is 28.4 Å². The molecule has 0 saturated heterocycles. The van der Waals surface area contributed by atoms with Crippen LogP contribution in [0.15, 0.2) is 22.7 Å². The molecule has 29 heavy (non-hydrogen) atoms. The highest BCUT2D eigenvalue weighted by Crippen LogP contribution is 2.34. The minimum atomic E-state index is -0.362. The van der Waals surface area contributed by atoms with E-state index in [1.54, 1.807) is 13.8 Å². The molecule has 0 fully saturated rings. The lowest BCUT2D eigenvalue weighted by molar-refractivity contribution is -0.619. The van der Waals surface area contributed by atoms with Gasteiger partial charge in [-0.1, -0.05) is 59.6 Å². The molecule has 0 atom stereocenters. The first-order valence-electron chi connectivity index (χ1n) is 9.83. The Morgan fingerprint density at radius 2 is 1.86 bits per heavy atom. The van der Waals surface area contributed by atoms with Crippen LogP contribution in [0.25, 0.3) is 0 Å². The summed E-state index contributed by atoms with van der Waals surface area (Å²) in [5.41, 5.74) is 5.74. The van der Waals surface area contributed by atoms with Gasteiger partial charge < -0.3 is 10.5 Å². The summed E-state index contributed by atoms with van der Waals surface area (Å²) in [6.45, 7) is 11.4. The molecular formula is C23H28BrClN2O2. The van der Waals surface area contributed by atoms with E-state index in [2.05, 4.69) is 41.2 Å². The predicted octanol–water partition coefficient (Wildman–Crippen LogP) is 6.16. The van der Waals surface area contributed by atoms with Gasteiger partial charge in [0.2, 0.25) is 5.69 Å². The van der Waals surface area contributed by atoms with Gasteiger partial charge in [0, 0.05) is 29.6 Å². The Morgan fingerprint density at radius 1 is 1.21 bits per heavy atom. The van der Waals surface area contributed by atoms with E-state index < -0.39 is 0 Å². The van der Waals surface area contributed by atoms with Crippen molar-refractivity contribution in [1.29, 1.82) is 0 Å². The fourth-order valence-electron chi connectivity index (χ4n) is 3.56. The summed E-state index contributed by atoms with van der Waals surface area (Å²) >= 11 is 10.3. The predicted molar refractivity (Wildman–Crippen MR) is 124 cm³/mol. The van der Waals surface area contributed by atoms with Gasteiger partial charge in [-0.25, -0.2) is 0 Å². The van der Waals surface area contributed by atoms with E-state index >= 15 is 0 Å². The largest absolute Gasteiger partial charge is 0.618 e. The zero-order valence-electron chi connectivity index (χ0n) is 17.9. The van der Waals surface area contributed by atoms with Crippen molar-refractivity contribution in [3.05, 3.63) is 72.1 Å². The molecule has 2 rings (SSSR count). The second-order valence-electron chi connectivity index (χ2n) is 7.09. The topological polar surface area (TPSA) is 56.0 Å². The first kappa shape index (κ1) is 23.4. The molecule has 0 bridgehead atoms. The van der Waals surface area contributed by atoms with Crippen molar-refractivity contribution in [2.45, 2.75) is 60.8 Å². The molecule has 1 heterocycles. The number of aryl methyl sites for hydroxylation is 2. The second-order valence-corrected chi connectivity index (χ2v) is 8.26. The molecular weight excluding hydrogens is 452 g/mol. The highest BCUT2D eigenvalue weighted by molar-refractivity contribution is 9.10. The molecule has 156 valence electrons. The third kappa shape index (κ3) is 4.51. The maximum atomic E-state index is 13.3. The van der Waals surface area contributed by atoms with Crippen LogP contribution in [0.4, 0.5) is 5.69 Å². The molecule has 0 aliphatic carbocycles. The third-order valence-electron chi connectivity index (χ3n) is 5.27. The Hall–Kier alpha value is -1.85. The Morgan fingerprint density at radius 3 is 2.41 bits per heavy atom. The summed E-state index contributed by atoms with van der Waals surface area (Å²) < 4.78 is 1.79. The van der Waals surface area contributed by atoms with E-state index in [9.17, 15) is 10.0 Å². The van der Waals surface area contributed by atoms with Crippen LogP contribution in [0, 0.1) is 26.0 Å². The van der Waals surface area contributed by atoms with Gasteiger partial charge in [-0.15, -0.1) is 0 Å². The minimum Gasteiger partial charge on any atom is -0.618 e. The van der Waals surface area contributed by atoms with Gasteiger partial charge in [0.1, 0.15) is 5.56 Å². The number of allylic oxidation sites excluding steroid dienone is 2. The zero-order valence-corrected chi connectivity index (χ0v) is 20.2. The standard InChI is InChI=1S/C23H28BrClN2O2/c1-7-10-11-18-14(5)27(29)15(6)19(21(18)25)23(28)26-22-16(8-2)12-13(4)20(24)17(22)9-3/h7,10,12H,8-9,11H2,1-6H3,(H,26,28). The molecule has 1 aromatic carbocycles. The molecule has 1 N–H and O–H groups in total. The molecule has 0 aliphatic heterocycles. The van der Waals surface area contributed by atoms with Crippen LogP contribution in [0.3, 0.4) is 0 Å². The van der Waals surface area contributed by atoms with E-state index in [1.165, 1.54) is 0 Å². The lowest BCUT2D eigenvalue weighted by Gasteiger charge is -2.20. The lowest BCUT2D eigenvalue weighted by Crippen LogP contribution is -2.38. The highest BCUT2D eigenvalue weighted by Gasteiger charge is 2.27. The fraction of sp³-hybridized carbons (Fsp3) is 0.391. The van der Waals surface area contributed by atoms with E-state index in [0.717, 1.165) is 44.4 Å². The molecule has 0 unspecified atom stereocenters. The number of hydrogen-bond donors (Lipinski definition) is 1. The monoisotopic (exact) mass is 478 g/mol. The number of aromatic nitrogens is 1. The zero-order chi connectivity index (χ0) is 21.9. The molecule has 0 saturated carbocycles. The van der Waals surface area contributed by atoms with Gasteiger partial charge in [0.15, 0.2) is 5.69 Å². The Bertz CT molecular complexity index is 984. The number of carbonyl (C=O) groups is 1. The number of anilines is 1. The Kier molecular flexibility index (Phi) is 7.89. The molecule has 1 amide bonds. The van der Waals surface area contributed by atoms with Crippen LogP contribution in [-0.4, -0.2) is 5.91 Å². The number of nitrogens with zero attached hydrogens (tertiary/aromatic N) is 1. The van der Waals surface area contributed by atoms with Crippen LogP contribution in [0.1, 0.15) is 64.8 Å². The van der Waals surface area contributed by atoms with Gasteiger partial charge in [0.05, 0.1) is 5.02 Å². The number of rotatable bonds is 6. The second kappa shape index (κ2) is 9.77. The van der Waals surface area contributed by atoms with Crippen LogP contribution in [0.2, 0.25) is 5.02 Å². The highest BCUT2D eigenvalue weighted by atomic mass is 79.9. The average Bonchev–Trinajstić information content (AvgIpc) is 2.69. The number of pyridine rings is 1. The van der Waals surface area contributed by atoms with Crippen molar-refractivity contribution >= 4 is 39.1 Å². The number of amides is 1. The van der Waals surface area contributed by atoms with Gasteiger partial charge >= 0.3 is 0 Å². The van der Waals surface area contributed by atoms with Crippen LogP contribution in [0.5, 0.6) is 0 Å². The lowest BCUT2D eigenvalue weighted by atomic mass is 9.98. The number of benzene rings is 1. The van der Waals surface area contributed by atoms with Gasteiger partial charge in [-0.05, 0) is 49.8 Å².